The van der Waals surface area contributed by atoms with Crippen molar-refractivity contribution in [3.8, 4) is 23.0 Å². The third-order valence-electron chi connectivity index (χ3n) is 5.12. The van der Waals surface area contributed by atoms with Gasteiger partial charge in [-0.15, -0.1) is 0 Å². The van der Waals surface area contributed by atoms with E-state index in [2.05, 4.69) is 15.8 Å². The van der Waals surface area contributed by atoms with Gasteiger partial charge >= 0.3 is 5.97 Å². The van der Waals surface area contributed by atoms with Gasteiger partial charge in [0.1, 0.15) is 11.5 Å². The van der Waals surface area contributed by atoms with Crippen LogP contribution in [0.25, 0.3) is 0 Å². The van der Waals surface area contributed by atoms with Crippen molar-refractivity contribution in [2.75, 3.05) is 27.4 Å². The normalized spacial score (nSPS) is 10.5. The van der Waals surface area contributed by atoms with Crippen LogP contribution < -0.4 is 29.7 Å². The van der Waals surface area contributed by atoms with Gasteiger partial charge in [-0.1, -0.05) is 6.92 Å². The largest absolute Gasteiger partial charge is 0.497 e. The maximum absolute atomic E-state index is 12.4. The molecule has 0 heterocycles. The molecule has 0 aliphatic heterocycles. The van der Waals surface area contributed by atoms with Crippen LogP contribution in [0.1, 0.15) is 39.6 Å². The lowest BCUT2D eigenvalue weighted by Gasteiger charge is -2.10. The molecule has 2 N–H and O–H groups in total. The molecule has 0 fully saturated rings. The summed E-state index contributed by atoms with van der Waals surface area (Å²) in [5.74, 6) is 0.381. The third kappa shape index (κ3) is 8.09. The fourth-order valence-corrected chi connectivity index (χ4v) is 3.14. The zero-order valence-electron chi connectivity index (χ0n) is 21.4. The Labute approximate surface area is 220 Å². The molecule has 198 valence electrons. The van der Waals surface area contributed by atoms with Crippen LogP contribution in [0.4, 0.5) is 0 Å². The molecule has 0 saturated heterocycles. The van der Waals surface area contributed by atoms with Crippen LogP contribution in [0.5, 0.6) is 23.0 Å². The standard InChI is InChI=1S/C28H29N3O7/c1-4-15-37-23-12-6-20(7-13-23)27(33)29-18-26(32)31-30-17-19-5-14-24(25(16-19)36-3)38-28(34)21-8-10-22(35-2)11-9-21/h5-14,16-17H,4,15,18H2,1-3H3,(H,29,33)(H,31,32). The predicted octanol–water partition coefficient (Wildman–Crippen LogP) is 3.59. The lowest BCUT2D eigenvalue weighted by atomic mass is 10.2. The SMILES string of the molecule is CCCOc1ccc(C(=O)NCC(=O)NN=Cc2ccc(OC(=O)c3ccc(OC)cc3)c(OC)c2)cc1. The number of hydrogen-bond acceptors (Lipinski definition) is 8. The van der Waals surface area contributed by atoms with E-state index < -0.39 is 17.8 Å². The van der Waals surface area contributed by atoms with Gasteiger partial charge in [0.2, 0.25) is 0 Å². The average molecular weight is 520 g/mol. The molecule has 0 aromatic heterocycles. The highest BCUT2D eigenvalue weighted by Crippen LogP contribution is 2.28. The molecular weight excluding hydrogens is 490 g/mol. The highest BCUT2D eigenvalue weighted by Gasteiger charge is 2.13. The summed E-state index contributed by atoms with van der Waals surface area (Å²) < 4.78 is 21.3. The molecule has 0 unspecified atom stereocenters. The van der Waals surface area contributed by atoms with Crippen LogP contribution in [0.2, 0.25) is 0 Å². The number of hydrazone groups is 1. The first kappa shape index (κ1) is 27.7. The van der Waals surface area contributed by atoms with Crippen LogP contribution >= 0.6 is 0 Å². The molecule has 38 heavy (non-hydrogen) atoms. The molecule has 0 aliphatic carbocycles. The summed E-state index contributed by atoms with van der Waals surface area (Å²) in [5.41, 5.74) is 3.69. The Morgan fingerprint density at radius 1 is 0.842 bits per heavy atom. The minimum absolute atomic E-state index is 0.224. The number of benzene rings is 3. The van der Waals surface area contributed by atoms with Crippen molar-refractivity contribution in [3.05, 3.63) is 83.4 Å². The number of methoxy groups -OCH3 is 2. The second-order valence-corrected chi connectivity index (χ2v) is 7.88. The van der Waals surface area contributed by atoms with Crippen molar-refractivity contribution < 1.29 is 33.3 Å². The molecule has 0 aliphatic rings. The minimum Gasteiger partial charge on any atom is -0.497 e. The van der Waals surface area contributed by atoms with Gasteiger partial charge in [-0.05, 0) is 78.7 Å². The molecule has 10 nitrogen and oxygen atoms in total. The van der Waals surface area contributed by atoms with E-state index in [0.717, 1.165) is 6.42 Å². The maximum atomic E-state index is 12.4. The van der Waals surface area contributed by atoms with E-state index in [0.29, 0.717) is 40.5 Å². The molecule has 10 heteroatoms. The quantitative estimate of drug-likeness (QED) is 0.162. The monoisotopic (exact) mass is 519 g/mol. The van der Waals surface area contributed by atoms with Crippen molar-refractivity contribution >= 4 is 24.0 Å². The molecule has 0 spiro atoms. The van der Waals surface area contributed by atoms with E-state index in [9.17, 15) is 14.4 Å². The molecule has 3 rings (SSSR count). The number of amides is 2. The van der Waals surface area contributed by atoms with Crippen LogP contribution in [0.3, 0.4) is 0 Å². The highest BCUT2D eigenvalue weighted by molar-refractivity contribution is 5.96. The van der Waals surface area contributed by atoms with Gasteiger partial charge in [0.05, 0.1) is 39.1 Å². The fourth-order valence-electron chi connectivity index (χ4n) is 3.14. The summed E-state index contributed by atoms with van der Waals surface area (Å²) in [7, 11) is 2.98. The topological polar surface area (TPSA) is 125 Å². The summed E-state index contributed by atoms with van der Waals surface area (Å²) in [5, 5.41) is 6.43. The molecule has 0 radical (unpaired) electrons. The number of carbonyl (C=O) groups is 3. The molecule has 0 bridgehead atoms. The smallest absolute Gasteiger partial charge is 0.343 e. The molecular formula is C28H29N3O7. The summed E-state index contributed by atoms with van der Waals surface area (Å²) in [4.78, 5) is 36.7. The van der Waals surface area contributed by atoms with Crippen LogP contribution in [-0.4, -0.2) is 51.4 Å². The zero-order chi connectivity index (χ0) is 27.3. The molecule has 0 atom stereocenters. The summed E-state index contributed by atoms with van der Waals surface area (Å²) in [6.07, 6.45) is 2.28. The molecule has 3 aromatic carbocycles. The summed E-state index contributed by atoms with van der Waals surface area (Å²) in [6.45, 7) is 2.35. The molecule has 2 amide bonds. The van der Waals surface area contributed by atoms with Crippen molar-refractivity contribution in [2.24, 2.45) is 5.10 Å². The maximum Gasteiger partial charge on any atom is 0.343 e. The number of rotatable bonds is 12. The van der Waals surface area contributed by atoms with E-state index in [1.54, 1.807) is 66.7 Å². The zero-order valence-corrected chi connectivity index (χ0v) is 21.4. The predicted molar refractivity (Wildman–Crippen MR) is 141 cm³/mol. The van der Waals surface area contributed by atoms with Crippen LogP contribution in [0, 0.1) is 0 Å². The van der Waals surface area contributed by atoms with Gasteiger partial charge in [0.25, 0.3) is 11.8 Å². The van der Waals surface area contributed by atoms with Crippen molar-refractivity contribution in [3.63, 3.8) is 0 Å². The number of ether oxygens (including phenoxy) is 4. The van der Waals surface area contributed by atoms with E-state index in [4.69, 9.17) is 18.9 Å². The van der Waals surface area contributed by atoms with Gasteiger partial charge in [0, 0.05) is 5.56 Å². The molecule has 0 saturated carbocycles. The van der Waals surface area contributed by atoms with Crippen LogP contribution in [0.15, 0.2) is 71.8 Å². The average Bonchev–Trinajstić information content (AvgIpc) is 2.95. The van der Waals surface area contributed by atoms with Gasteiger partial charge < -0.3 is 24.3 Å². The number of hydrogen-bond donors (Lipinski definition) is 2. The van der Waals surface area contributed by atoms with Gasteiger partial charge in [-0.2, -0.15) is 5.10 Å². The van der Waals surface area contributed by atoms with Crippen molar-refractivity contribution in [2.45, 2.75) is 13.3 Å². The Bertz CT molecular complexity index is 1270. The first-order valence-electron chi connectivity index (χ1n) is 11.8. The Hall–Kier alpha value is -4.86. The first-order valence-corrected chi connectivity index (χ1v) is 11.8. The highest BCUT2D eigenvalue weighted by atomic mass is 16.6. The number of esters is 1. The number of nitrogens with zero attached hydrogens (tertiary/aromatic N) is 1. The van der Waals surface area contributed by atoms with Gasteiger partial charge in [-0.25, -0.2) is 10.2 Å². The fraction of sp³-hybridized carbons (Fsp3) is 0.214. The summed E-state index contributed by atoms with van der Waals surface area (Å²) >= 11 is 0. The number of carbonyl (C=O) groups excluding carboxylic acids is 3. The van der Waals surface area contributed by atoms with E-state index in [-0.39, 0.29) is 12.3 Å². The van der Waals surface area contributed by atoms with E-state index in [1.165, 1.54) is 20.4 Å². The second-order valence-electron chi connectivity index (χ2n) is 7.88. The van der Waals surface area contributed by atoms with Crippen molar-refractivity contribution in [1.82, 2.24) is 10.7 Å². The van der Waals surface area contributed by atoms with Gasteiger partial charge in [-0.3, -0.25) is 9.59 Å². The van der Waals surface area contributed by atoms with Gasteiger partial charge in [0.15, 0.2) is 11.5 Å². The lowest BCUT2D eigenvalue weighted by molar-refractivity contribution is -0.120. The minimum atomic E-state index is -0.553. The lowest BCUT2D eigenvalue weighted by Crippen LogP contribution is -2.34. The Balaban J connectivity index is 1.49. The Morgan fingerprint density at radius 2 is 1.53 bits per heavy atom. The second kappa shape index (κ2) is 14.0. The Morgan fingerprint density at radius 3 is 2.18 bits per heavy atom. The molecule has 3 aromatic rings. The third-order valence-corrected chi connectivity index (χ3v) is 5.12. The van der Waals surface area contributed by atoms with Crippen LogP contribution in [-0.2, 0) is 4.79 Å². The number of nitrogens with one attached hydrogen (secondary N) is 2. The van der Waals surface area contributed by atoms with Crippen molar-refractivity contribution in [1.29, 1.82) is 0 Å². The van der Waals surface area contributed by atoms with E-state index >= 15 is 0 Å². The Kier molecular flexibility index (Phi) is 10.2. The van der Waals surface area contributed by atoms with E-state index in [1.807, 2.05) is 6.92 Å². The first-order chi connectivity index (χ1) is 18.4. The summed E-state index contributed by atoms with van der Waals surface area (Å²) in [6, 6.07) is 18.0.